The van der Waals surface area contributed by atoms with Gasteiger partial charge in [-0.3, -0.25) is 0 Å². The van der Waals surface area contributed by atoms with Crippen molar-refractivity contribution < 1.29 is 38.4 Å². The van der Waals surface area contributed by atoms with Gasteiger partial charge < -0.3 is 0 Å². The van der Waals surface area contributed by atoms with E-state index in [1.807, 2.05) is 6.92 Å². The summed E-state index contributed by atoms with van der Waals surface area (Å²) in [6.45, 7) is 8.75. The molecule has 0 fully saturated rings. The Bertz CT molecular complexity index is 1150. The smallest absolute Gasteiger partial charge is 0.208 e. The number of hydrogen-bond donors (Lipinski definition) is 0. The van der Waals surface area contributed by atoms with Crippen molar-refractivity contribution in [3.8, 4) is 0 Å². The average molecular weight is 543 g/mol. The van der Waals surface area contributed by atoms with Crippen molar-refractivity contribution in [1.29, 1.82) is 0 Å². The first kappa shape index (κ1) is 28.3. The van der Waals surface area contributed by atoms with Gasteiger partial charge in [0.1, 0.15) is 15.9 Å². The molecule has 184 valence electrons. The van der Waals surface area contributed by atoms with Crippen molar-refractivity contribution in [1.82, 2.24) is 0 Å². The Hall–Kier alpha value is -2.94. The van der Waals surface area contributed by atoms with Crippen LogP contribution in [0, 0.1) is 36.0 Å². The molecule has 7 heteroatoms. The van der Waals surface area contributed by atoms with Crippen LogP contribution in [-0.2, 0) is 16.5 Å². The van der Waals surface area contributed by atoms with Crippen LogP contribution in [0.2, 0.25) is 0 Å². The summed E-state index contributed by atoms with van der Waals surface area (Å²) in [4.78, 5) is 0. The summed E-state index contributed by atoms with van der Waals surface area (Å²) in [7, 11) is -3.45. The summed E-state index contributed by atoms with van der Waals surface area (Å²) in [5.74, 6) is -9.68. The molecule has 0 radical (unpaired) electrons. The Kier molecular flexibility index (Phi) is 9.83. The zero-order chi connectivity index (χ0) is 24.9. The zero-order valence-electron chi connectivity index (χ0n) is 18.7. The summed E-state index contributed by atoms with van der Waals surface area (Å²) in [5, 5.41) is 0.629. The largest absolute Gasteiger partial charge is 0.242 e. The minimum absolute atomic E-state index is 0. The van der Waals surface area contributed by atoms with Gasteiger partial charge in [-0.2, -0.15) is 8.78 Å². The molecular formula is C28H22F5NiP. The summed E-state index contributed by atoms with van der Waals surface area (Å²) in [6, 6.07) is 25.2. The van der Waals surface area contributed by atoms with E-state index in [1.165, 1.54) is 0 Å². The molecule has 0 heterocycles. The Morgan fingerprint density at radius 2 is 0.800 bits per heavy atom. The van der Waals surface area contributed by atoms with E-state index in [2.05, 4.69) is 13.5 Å². The van der Waals surface area contributed by atoms with Crippen molar-refractivity contribution in [3.63, 3.8) is 0 Å². The summed E-state index contributed by atoms with van der Waals surface area (Å²) in [6.07, 6.45) is 0. The second-order valence-corrected chi connectivity index (χ2v) is 10.9. The summed E-state index contributed by atoms with van der Waals surface area (Å²) >= 11 is 0. The molecule has 0 aliphatic carbocycles. The topological polar surface area (TPSA) is 0 Å². The van der Waals surface area contributed by atoms with Gasteiger partial charge in [-0.15, -0.1) is 0 Å². The van der Waals surface area contributed by atoms with Gasteiger partial charge in [0, 0.05) is 16.5 Å². The van der Waals surface area contributed by atoms with Crippen LogP contribution in [0.15, 0.2) is 103 Å². The third-order valence-corrected chi connectivity index (χ3v) is 9.23. The van der Waals surface area contributed by atoms with Crippen LogP contribution < -0.4 is 21.2 Å². The van der Waals surface area contributed by atoms with Crippen LogP contribution in [0.3, 0.4) is 0 Å². The Balaban J connectivity index is 0.000000804. The third kappa shape index (κ3) is 5.50. The van der Waals surface area contributed by atoms with E-state index in [-0.39, 0.29) is 16.5 Å². The maximum atomic E-state index is 15.3. The van der Waals surface area contributed by atoms with Crippen LogP contribution in [0.4, 0.5) is 22.0 Å². The van der Waals surface area contributed by atoms with E-state index in [4.69, 9.17) is 0 Å². The Morgan fingerprint density at radius 1 is 0.571 bits per heavy atom. The number of rotatable bonds is 4. The molecule has 35 heavy (non-hydrogen) atoms. The summed E-state index contributed by atoms with van der Waals surface area (Å²) in [5.41, 5.74) is 0.917. The van der Waals surface area contributed by atoms with E-state index < -0.39 is 41.7 Å². The molecule has 0 amide bonds. The monoisotopic (exact) mass is 542 g/mol. The van der Waals surface area contributed by atoms with E-state index >= 15 is 8.78 Å². The fourth-order valence-electron chi connectivity index (χ4n) is 3.68. The van der Waals surface area contributed by atoms with Crippen molar-refractivity contribution in [2.45, 2.75) is 6.92 Å². The van der Waals surface area contributed by atoms with Crippen LogP contribution in [0.1, 0.15) is 6.92 Å². The molecule has 0 aromatic heterocycles. The van der Waals surface area contributed by atoms with Gasteiger partial charge >= 0.3 is 0 Å². The van der Waals surface area contributed by atoms with E-state index in [1.54, 1.807) is 91.0 Å². The normalized spacial score (nSPS) is 10.6. The van der Waals surface area contributed by atoms with Crippen LogP contribution >= 0.6 is 7.26 Å². The van der Waals surface area contributed by atoms with Crippen molar-refractivity contribution >= 4 is 28.5 Å². The first-order valence-electron chi connectivity index (χ1n) is 10.3. The zero-order valence-corrected chi connectivity index (χ0v) is 20.6. The van der Waals surface area contributed by atoms with Crippen molar-refractivity contribution in [2.75, 3.05) is 0 Å². The van der Waals surface area contributed by atoms with Gasteiger partial charge in [0.05, 0.1) is 0 Å². The molecule has 0 nitrogen and oxygen atoms in total. The Morgan fingerprint density at radius 3 is 1.06 bits per heavy atom. The quantitative estimate of drug-likeness (QED) is 0.0699. The molecule has 0 spiro atoms. The average Bonchev–Trinajstić information content (AvgIpc) is 2.85. The molecule has 0 atom stereocenters. The van der Waals surface area contributed by atoms with Gasteiger partial charge in [-0.05, 0) is 36.4 Å². The van der Waals surface area contributed by atoms with Crippen molar-refractivity contribution in [3.05, 3.63) is 139 Å². The fraction of sp³-hybridized carbons (Fsp3) is 0.0357. The van der Waals surface area contributed by atoms with Gasteiger partial charge in [-0.1, -0.05) is 61.5 Å². The molecule has 0 aliphatic rings. The molecule has 0 saturated carbocycles. The first-order chi connectivity index (χ1) is 16.2. The minimum Gasteiger partial charge on any atom is -0.242 e. The summed E-state index contributed by atoms with van der Waals surface area (Å²) < 4.78 is 73.1. The van der Waals surface area contributed by atoms with Gasteiger partial charge in [0.15, 0.2) is 12.6 Å². The molecule has 0 saturated heterocycles. The Labute approximate surface area is 212 Å². The van der Waals surface area contributed by atoms with Crippen LogP contribution in [-0.4, -0.2) is 0 Å². The number of hydrogen-bond acceptors (Lipinski definition) is 0. The molecule has 0 N–H and O–H groups in total. The molecule has 0 aliphatic heterocycles. The first-order valence-corrected chi connectivity index (χ1v) is 12.1. The number of halogens is 5. The van der Waals surface area contributed by atoms with Crippen molar-refractivity contribution in [2.24, 2.45) is 0 Å². The predicted octanol–water partition coefficient (Wildman–Crippen LogP) is 6.40. The fourth-order valence-corrected chi connectivity index (χ4v) is 7.99. The minimum atomic E-state index is -3.45. The van der Waals surface area contributed by atoms with Gasteiger partial charge in [0.2, 0.25) is 29.1 Å². The van der Waals surface area contributed by atoms with Crippen LogP contribution in [0.25, 0.3) is 0 Å². The van der Waals surface area contributed by atoms with Gasteiger partial charge in [0.25, 0.3) is 0 Å². The predicted molar refractivity (Wildman–Crippen MR) is 131 cm³/mol. The molecule has 4 aromatic carbocycles. The molecular weight excluding hydrogens is 521 g/mol. The molecule has 4 aromatic rings. The standard InChI is InChI=1S/C24H15F5P.C4H7.Ni/c25-19-20(26)22(28)24(23(29)21(19)27)30(16-10-4-1-5-11-16,17-12-6-2-7-13-17)18-14-8-3-9-15-18;1-4(2)3;/h1-15H;1-2H2,3H3;/q+1;-1;. The molecule has 0 unspecified atom stereocenters. The van der Waals surface area contributed by atoms with E-state index in [9.17, 15) is 13.2 Å². The maximum Gasteiger partial charge on any atom is 0.208 e. The maximum absolute atomic E-state index is 15.3. The van der Waals surface area contributed by atoms with Gasteiger partial charge in [-0.25, -0.2) is 32.2 Å². The second kappa shape index (κ2) is 12.2. The third-order valence-electron chi connectivity index (χ3n) is 4.95. The second-order valence-electron chi connectivity index (χ2n) is 7.55. The van der Waals surface area contributed by atoms with E-state index in [0.29, 0.717) is 15.9 Å². The number of allylic oxidation sites excluding steroid dienone is 1. The molecule has 0 bridgehead atoms. The number of benzene rings is 4. The molecule has 4 rings (SSSR count). The SMILES string of the molecule is C=C([CH2-])C.Fc1c(F)c(F)c([P+](c2ccccc2)(c2ccccc2)c2ccccc2)c(F)c1F.[Ni]. The van der Waals surface area contributed by atoms with E-state index in [0.717, 1.165) is 5.57 Å². The van der Waals surface area contributed by atoms with Crippen LogP contribution in [0.5, 0.6) is 0 Å².